The van der Waals surface area contributed by atoms with Crippen molar-refractivity contribution in [2.75, 3.05) is 11.9 Å². The third-order valence-electron chi connectivity index (χ3n) is 3.13. The summed E-state index contributed by atoms with van der Waals surface area (Å²) in [5.41, 5.74) is 0.659. The van der Waals surface area contributed by atoms with Crippen LogP contribution in [-0.4, -0.2) is 22.3 Å². The molecule has 0 aliphatic rings. The van der Waals surface area contributed by atoms with Gasteiger partial charge in [0, 0.05) is 24.5 Å². The Kier molecular flexibility index (Phi) is 5.83. The minimum absolute atomic E-state index is 0.00219. The summed E-state index contributed by atoms with van der Waals surface area (Å²) < 4.78 is 7.26. The Balaban J connectivity index is 1.92. The topological polar surface area (TPSA) is 56.1 Å². The fourth-order valence-corrected chi connectivity index (χ4v) is 2.26. The molecule has 0 spiro atoms. The highest BCUT2D eigenvalue weighted by Gasteiger charge is 2.12. The first-order valence-corrected chi connectivity index (χ1v) is 7.69. The lowest BCUT2D eigenvalue weighted by atomic mass is 10.2. The minimum atomic E-state index is -0.0821. The van der Waals surface area contributed by atoms with Gasteiger partial charge in [-0.3, -0.25) is 9.48 Å². The average Bonchev–Trinajstić information content (AvgIpc) is 3.00. The highest BCUT2D eigenvalue weighted by molar-refractivity contribution is 6.32. The summed E-state index contributed by atoms with van der Waals surface area (Å²) in [6.07, 6.45) is 4.80. The van der Waals surface area contributed by atoms with Crippen molar-refractivity contribution in [2.24, 2.45) is 0 Å². The number of anilines is 1. The molecule has 1 amide bonds. The van der Waals surface area contributed by atoms with Crippen LogP contribution < -0.4 is 10.1 Å². The van der Waals surface area contributed by atoms with E-state index in [4.69, 9.17) is 16.3 Å². The Morgan fingerprint density at radius 1 is 1.50 bits per heavy atom. The number of hydrogen-bond acceptors (Lipinski definition) is 3. The molecule has 118 valence electrons. The van der Waals surface area contributed by atoms with Crippen molar-refractivity contribution in [3.05, 3.63) is 41.7 Å². The second kappa shape index (κ2) is 7.84. The predicted molar refractivity (Wildman–Crippen MR) is 87.4 cm³/mol. The summed E-state index contributed by atoms with van der Waals surface area (Å²) in [5.74, 6) is 0.549. The maximum Gasteiger partial charge on any atom is 0.226 e. The first-order valence-electron chi connectivity index (χ1n) is 7.31. The molecule has 2 aromatic rings. The van der Waals surface area contributed by atoms with Crippen molar-refractivity contribution >= 4 is 23.2 Å². The number of carbonyl (C=O) groups excluding carboxylic acids is 1. The van der Waals surface area contributed by atoms with E-state index < -0.39 is 0 Å². The van der Waals surface area contributed by atoms with E-state index in [1.54, 1.807) is 29.1 Å². The molecule has 5 nitrogen and oxygen atoms in total. The van der Waals surface area contributed by atoms with Gasteiger partial charge in [0.1, 0.15) is 5.75 Å². The molecule has 0 radical (unpaired) electrons. The van der Waals surface area contributed by atoms with Crippen molar-refractivity contribution in [2.45, 2.75) is 32.7 Å². The number of halogens is 1. The minimum Gasteiger partial charge on any atom is -0.492 e. The molecule has 0 saturated carbocycles. The van der Waals surface area contributed by atoms with E-state index in [1.807, 2.05) is 26.1 Å². The number of rotatable bonds is 7. The first kappa shape index (κ1) is 16.4. The van der Waals surface area contributed by atoms with Gasteiger partial charge in [-0.15, -0.1) is 0 Å². The standard InChI is InChI=1S/C16H20ClN3O2/c1-3-9-22-15-6-5-13(11-14(15)17)19-16(21)10-12(2)20-8-4-7-18-20/h4-8,11-12H,3,9-10H2,1-2H3,(H,19,21). The van der Waals surface area contributed by atoms with Crippen LogP contribution >= 0.6 is 11.6 Å². The molecule has 0 saturated heterocycles. The Hall–Kier alpha value is -2.01. The van der Waals surface area contributed by atoms with Gasteiger partial charge in [0.05, 0.1) is 17.7 Å². The summed E-state index contributed by atoms with van der Waals surface area (Å²) in [7, 11) is 0. The number of amides is 1. The highest BCUT2D eigenvalue weighted by Crippen LogP contribution is 2.28. The van der Waals surface area contributed by atoms with Crippen molar-refractivity contribution < 1.29 is 9.53 Å². The maximum absolute atomic E-state index is 12.1. The zero-order chi connectivity index (χ0) is 15.9. The molecule has 0 fully saturated rings. The largest absolute Gasteiger partial charge is 0.492 e. The van der Waals surface area contributed by atoms with Crippen LogP contribution in [0.5, 0.6) is 5.75 Å². The van der Waals surface area contributed by atoms with Gasteiger partial charge in [0.2, 0.25) is 5.91 Å². The summed E-state index contributed by atoms with van der Waals surface area (Å²) in [4.78, 5) is 12.1. The number of carbonyl (C=O) groups is 1. The molecule has 1 atom stereocenters. The van der Waals surface area contributed by atoms with Crippen LogP contribution in [0.1, 0.15) is 32.7 Å². The highest BCUT2D eigenvalue weighted by atomic mass is 35.5. The lowest BCUT2D eigenvalue weighted by Crippen LogP contribution is -2.17. The van der Waals surface area contributed by atoms with Crippen LogP contribution in [-0.2, 0) is 4.79 Å². The van der Waals surface area contributed by atoms with Crippen molar-refractivity contribution in [1.29, 1.82) is 0 Å². The van der Waals surface area contributed by atoms with E-state index in [9.17, 15) is 4.79 Å². The number of nitrogens with zero attached hydrogens (tertiary/aromatic N) is 2. The zero-order valence-electron chi connectivity index (χ0n) is 12.8. The summed E-state index contributed by atoms with van der Waals surface area (Å²) >= 11 is 6.15. The van der Waals surface area contributed by atoms with Crippen molar-refractivity contribution in [3.8, 4) is 5.75 Å². The van der Waals surface area contributed by atoms with Crippen LogP contribution in [0, 0.1) is 0 Å². The molecule has 22 heavy (non-hydrogen) atoms. The number of ether oxygens (including phenoxy) is 1. The second-order valence-corrected chi connectivity index (χ2v) is 5.49. The maximum atomic E-state index is 12.1. The van der Waals surface area contributed by atoms with Crippen LogP contribution in [0.25, 0.3) is 0 Å². The summed E-state index contributed by atoms with van der Waals surface area (Å²) in [5, 5.41) is 7.46. The Labute approximate surface area is 135 Å². The molecule has 0 aliphatic heterocycles. The van der Waals surface area contributed by atoms with E-state index >= 15 is 0 Å². The number of benzene rings is 1. The van der Waals surface area contributed by atoms with E-state index in [2.05, 4.69) is 10.4 Å². The average molecular weight is 322 g/mol. The molecule has 6 heteroatoms. The zero-order valence-corrected chi connectivity index (χ0v) is 13.5. The molecule has 1 aromatic carbocycles. The van der Waals surface area contributed by atoms with Crippen LogP contribution in [0.2, 0.25) is 5.02 Å². The monoisotopic (exact) mass is 321 g/mol. The summed E-state index contributed by atoms with van der Waals surface area (Å²) in [6.45, 7) is 4.59. The van der Waals surface area contributed by atoms with E-state index in [-0.39, 0.29) is 11.9 Å². The molecule has 1 N–H and O–H groups in total. The number of hydrogen-bond donors (Lipinski definition) is 1. The fraction of sp³-hybridized carbons (Fsp3) is 0.375. The molecular formula is C16H20ClN3O2. The molecular weight excluding hydrogens is 302 g/mol. The van der Waals surface area contributed by atoms with Gasteiger partial charge >= 0.3 is 0 Å². The molecule has 0 bridgehead atoms. The van der Waals surface area contributed by atoms with Crippen molar-refractivity contribution in [1.82, 2.24) is 9.78 Å². The molecule has 1 heterocycles. The van der Waals surface area contributed by atoms with Gasteiger partial charge in [-0.1, -0.05) is 18.5 Å². The Morgan fingerprint density at radius 2 is 2.32 bits per heavy atom. The lowest BCUT2D eigenvalue weighted by Gasteiger charge is -2.13. The van der Waals surface area contributed by atoms with Crippen LogP contribution in [0.15, 0.2) is 36.7 Å². The molecule has 2 rings (SSSR count). The SMILES string of the molecule is CCCOc1ccc(NC(=O)CC(C)n2cccn2)cc1Cl. The van der Waals surface area contributed by atoms with Crippen LogP contribution in [0.3, 0.4) is 0 Å². The van der Waals surface area contributed by atoms with E-state index in [1.165, 1.54) is 0 Å². The van der Waals surface area contributed by atoms with Gasteiger partial charge in [0.25, 0.3) is 0 Å². The van der Waals surface area contributed by atoms with E-state index in [0.29, 0.717) is 29.5 Å². The Morgan fingerprint density at radius 3 is 2.95 bits per heavy atom. The van der Waals surface area contributed by atoms with Gasteiger partial charge < -0.3 is 10.1 Å². The van der Waals surface area contributed by atoms with Gasteiger partial charge in [-0.05, 0) is 37.6 Å². The first-order chi connectivity index (χ1) is 10.6. The lowest BCUT2D eigenvalue weighted by molar-refractivity contribution is -0.116. The van der Waals surface area contributed by atoms with Gasteiger partial charge in [-0.2, -0.15) is 5.10 Å². The predicted octanol–water partition coefficient (Wildman–Crippen LogP) is 3.92. The third kappa shape index (κ3) is 4.49. The summed E-state index contributed by atoms with van der Waals surface area (Å²) in [6, 6.07) is 7.09. The van der Waals surface area contributed by atoms with Crippen molar-refractivity contribution in [3.63, 3.8) is 0 Å². The van der Waals surface area contributed by atoms with Gasteiger partial charge in [-0.25, -0.2) is 0 Å². The normalized spacial score (nSPS) is 12.0. The van der Waals surface area contributed by atoms with Gasteiger partial charge in [0.15, 0.2) is 0 Å². The fourth-order valence-electron chi connectivity index (χ4n) is 2.02. The molecule has 1 unspecified atom stereocenters. The molecule has 1 aromatic heterocycles. The number of aromatic nitrogens is 2. The third-order valence-corrected chi connectivity index (χ3v) is 3.43. The quantitative estimate of drug-likeness (QED) is 0.841. The smallest absolute Gasteiger partial charge is 0.226 e. The second-order valence-electron chi connectivity index (χ2n) is 5.08. The number of nitrogens with one attached hydrogen (secondary N) is 1. The van der Waals surface area contributed by atoms with Crippen LogP contribution in [0.4, 0.5) is 5.69 Å². The Bertz CT molecular complexity index is 614. The van der Waals surface area contributed by atoms with E-state index in [0.717, 1.165) is 6.42 Å². The molecule has 0 aliphatic carbocycles.